The van der Waals surface area contributed by atoms with Gasteiger partial charge in [0, 0.05) is 21.9 Å². The van der Waals surface area contributed by atoms with Gasteiger partial charge in [-0.1, -0.05) is 82.8 Å². The van der Waals surface area contributed by atoms with E-state index < -0.39 is 0 Å². The van der Waals surface area contributed by atoms with Gasteiger partial charge in [-0.05, 0) is 43.6 Å². The number of aromatic nitrogens is 3. The molecular formula is C25H38N6S3. The molecule has 5 rings (SSSR count). The molecule has 0 radical (unpaired) electrons. The molecule has 2 atom stereocenters. The van der Waals surface area contributed by atoms with Crippen LogP contribution in [0, 0.1) is 5.92 Å². The van der Waals surface area contributed by atoms with E-state index in [9.17, 15) is 0 Å². The summed E-state index contributed by atoms with van der Waals surface area (Å²) in [6.45, 7) is 6.92. The summed E-state index contributed by atoms with van der Waals surface area (Å²) in [7, 11) is 0. The van der Waals surface area contributed by atoms with Crippen molar-refractivity contribution in [3.8, 4) is 5.00 Å². The molecule has 1 unspecified atom stereocenters. The van der Waals surface area contributed by atoms with Gasteiger partial charge in [-0.2, -0.15) is 5.10 Å². The molecular weight excluding hydrogens is 481 g/mol. The first-order valence-electron chi connectivity index (χ1n) is 13.2. The lowest BCUT2D eigenvalue weighted by molar-refractivity contribution is 0.498. The van der Waals surface area contributed by atoms with Crippen molar-refractivity contribution in [1.29, 1.82) is 0 Å². The van der Waals surface area contributed by atoms with E-state index in [-0.39, 0.29) is 6.17 Å². The maximum atomic E-state index is 4.82. The molecule has 34 heavy (non-hydrogen) atoms. The average Bonchev–Trinajstić information content (AvgIpc) is 3.53. The standard InChI is InChI=1S/C25H38N6S3/c1-4-6-8-10-14-32-24-28-26-21-20-18-13-12-17(3)16-19(18)34-22(20)31-23(30(21)24)27-29-25(31)33-15-11-9-7-5-2/h17,21,26H,4-16H2,1-3H3/t17-,21?/m0/s1. The molecule has 3 aliphatic rings. The predicted octanol–water partition coefficient (Wildman–Crippen LogP) is 7.13. The molecule has 2 aliphatic heterocycles. The molecule has 0 spiro atoms. The van der Waals surface area contributed by atoms with Crippen molar-refractivity contribution in [2.75, 3.05) is 16.4 Å². The molecule has 0 bridgehead atoms. The lowest BCUT2D eigenvalue weighted by atomic mass is 9.87. The van der Waals surface area contributed by atoms with Crippen LogP contribution < -0.4 is 10.3 Å². The summed E-state index contributed by atoms with van der Waals surface area (Å²) >= 11 is 5.70. The Balaban J connectivity index is 1.43. The highest BCUT2D eigenvalue weighted by Crippen LogP contribution is 2.50. The molecule has 6 nitrogen and oxygen atoms in total. The van der Waals surface area contributed by atoms with Gasteiger partial charge in [0.1, 0.15) is 5.00 Å². The third-order valence-electron chi connectivity index (χ3n) is 7.05. The van der Waals surface area contributed by atoms with Gasteiger partial charge < -0.3 is 0 Å². The van der Waals surface area contributed by atoms with Gasteiger partial charge in [0.15, 0.2) is 16.5 Å². The second-order valence-electron chi connectivity index (χ2n) is 9.80. The number of hydrogen-bond donors (Lipinski definition) is 1. The highest BCUT2D eigenvalue weighted by atomic mass is 32.2. The van der Waals surface area contributed by atoms with Gasteiger partial charge >= 0.3 is 0 Å². The Labute approximate surface area is 216 Å². The van der Waals surface area contributed by atoms with Crippen molar-refractivity contribution >= 4 is 46.0 Å². The van der Waals surface area contributed by atoms with E-state index in [1.807, 2.05) is 34.9 Å². The number of rotatable bonds is 11. The SMILES string of the molecule is CCCCCCSC1=NNC2c3c(sc4c3CC[C@H](C)C4)-n3c(SCCCCCC)nnc3N12. The number of amidine groups is 1. The molecule has 2 aromatic rings. The van der Waals surface area contributed by atoms with Crippen LogP contribution >= 0.6 is 34.9 Å². The van der Waals surface area contributed by atoms with Gasteiger partial charge in [0.2, 0.25) is 5.95 Å². The first-order chi connectivity index (χ1) is 16.7. The maximum Gasteiger partial charge on any atom is 0.241 e. The molecule has 0 amide bonds. The zero-order valence-electron chi connectivity index (χ0n) is 20.8. The number of nitrogens with zero attached hydrogens (tertiary/aromatic N) is 5. The Morgan fingerprint density at radius 2 is 1.76 bits per heavy atom. The molecule has 0 fully saturated rings. The Morgan fingerprint density at radius 1 is 1.00 bits per heavy atom. The monoisotopic (exact) mass is 518 g/mol. The third-order valence-corrected chi connectivity index (χ3v) is 10.4. The summed E-state index contributed by atoms with van der Waals surface area (Å²) < 4.78 is 2.35. The van der Waals surface area contributed by atoms with Crippen LogP contribution in [0.3, 0.4) is 0 Å². The number of hydrazone groups is 1. The minimum absolute atomic E-state index is 0.0562. The summed E-state index contributed by atoms with van der Waals surface area (Å²) in [6.07, 6.45) is 13.9. The van der Waals surface area contributed by atoms with Gasteiger partial charge in [0.25, 0.3) is 0 Å². The molecule has 4 heterocycles. The van der Waals surface area contributed by atoms with Crippen molar-refractivity contribution in [2.24, 2.45) is 11.0 Å². The summed E-state index contributed by atoms with van der Waals surface area (Å²) in [4.78, 5) is 3.89. The van der Waals surface area contributed by atoms with Crippen LogP contribution in [0.4, 0.5) is 5.95 Å². The van der Waals surface area contributed by atoms with Crippen LogP contribution in [0.15, 0.2) is 10.3 Å². The van der Waals surface area contributed by atoms with E-state index >= 15 is 0 Å². The number of thioether (sulfide) groups is 2. The van der Waals surface area contributed by atoms with E-state index in [0.717, 1.165) is 33.7 Å². The fourth-order valence-electron chi connectivity index (χ4n) is 5.12. The number of fused-ring (bicyclic) bond motifs is 8. The van der Waals surface area contributed by atoms with E-state index in [4.69, 9.17) is 15.3 Å². The van der Waals surface area contributed by atoms with E-state index in [1.165, 1.54) is 81.2 Å². The quantitative estimate of drug-likeness (QED) is 0.252. The van der Waals surface area contributed by atoms with Gasteiger partial charge in [-0.25, -0.2) is 4.57 Å². The van der Waals surface area contributed by atoms with Crippen LogP contribution in [0.1, 0.15) is 101 Å². The van der Waals surface area contributed by atoms with Gasteiger partial charge in [0.05, 0.1) is 0 Å². The average molecular weight is 519 g/mol. The highest BCUT2D eigenvalue weighted by Gasteiger charge is 2.44. The molecule has 186 valence electrons. The van der Waals surface area contributed by atoms with E-state index in [0.29, 0.717) is 0 Å². The lowest BCUT2D eigenvalue weighted by Crippen LogP contribution is -2.38. The van der Waals surface area contributed by atoms with Crippen molar-refractivity contribution in [3.05, 3.63) is 16.0 Å². The van der Waals surface area contributed by atoms with E-state index in [1.54, 1.807) is 10.4 Å². The molecule has 2 aromatic heterocycles. The fraction of sp³-hybridized carbons (Fsp3) is 0.720. The number of nitrogens with one attached hydrogen (secondary N) is 1. The third kappa shape index (κ3) is 4.76. The molecule has 1 N–H and O–H groups in total. The van der Waals surface area contributed by atoms with Crippen LogP contribution in [0.2, 0.25) is 0 Å². The van der Waals surface area contributed by atoms with Crippen molar-refractivity contribution < 1.29 is 0 Å². The summed E-state index contributed by atoms with van der Waals surface area (Å²) in [5.41, 5.74) is 6.48. The zero-order valence-corrected chi connectivity index (χ0v) is 23.3. The first kappa shape index (κ1) is 24.5. The normalized spacial score (nSPS) is 20.4. The maximum absolute atomic E-state index is 4.82. The Hall–Kier alpha value is -1.19. The smallest absolute Gasteiger partial charge is 0.241 e. The largest absolute Gasteiger partial charge is 0.280 e. The second-order valence-corrected chi connectivity index (χ2v) is 13.0. The summed E-state index contributed by atoms with van der Waals surface area (Å²) in [5, 5.41) is 17.7. The second kappa shape index (κ2) is 11.2. The van der Waals surface area contributed by atoms with Crippen LogP contribution in [-0.2, 0) is 12.8 Å². The molecule has 0 aromatic carbocycles. The number of unbranched alkanes of at least 4 members (excludes halogenated alkanes) is 6. The summed E-state index contributed by atoms with van der Waals surface area (Å²) in [5.74, 6) is 3.90. The van der Waals surface area contributed by atoms with Crippen LogP contribution in [0.25, 0.3) is 5.00 Å². The Kier molecular flexibility index (Phi) is 8.11. The van der Waals surface area contributed by atoms with Crippen LogP contribution in [-0.4, -0.2) is 31.4 Å². The van der Waals surface area contributed by atoms with Crippen molar-refractivity contribution in [2.45, 2.75) is 103 Å². The predicted molar refractivity (Wildman–Crippen MR) is 148 cm³/mol. The van der Waals surface area contributed by atoms with E-state index in [2.05, 4.69) is 35.7 Å². The van der Waals surface area contributed by atoms with Crippen molar-refractivity contribution in [3.63, 3.8) is 0 Å². The molecule has 0 saturated carbocycles. The zero-order chi connectivity index (χ0) is 23.5. The van der Waals surface area contributed by atoms with Crippen molar-refractivity contribution in [1.82, 2.24) is 20.2 Å². The van der Waals surface area contributed by atoms with Gasteiger partial charge in [-0.3, -0.25) is 10.3 Å². The number of hydrogen-bond acceptors (Lipinski definition) is 8. The highest BCUT2D eigenvalue weighted by molar-refractivity contribution is 8.14. The fourth-order valence-corrected chi connectivity index (χ4v) is 8.62. The Morgan fingerprint density at radius 3 is 2.53 bits per heavy atom. The minimum atomic E-state index is 0.0562. The lowest BCUT2D eigenvalue weighted by Gasteiger charge is -2.32. The van der Waals surface area contributed by atoms with Crippen LogP contribution in [0.5, 0.6) is 0 Å². The topological polar surface area (TPSA) is 58.3 Å². The number of thiophene rings is 1. The Bertz CT molecular complexity index is 1010. The molecule has 9 heteroatoms. The summed E-state index contributed by atoms with van der Waals surface area (Å²) in [6, 6.07) is 0. The minimum Gasteiger partial charge on any atom is -0.280 e. The first-order valence-corrected chi connectivity index (χ1v) is 16.0. The van der Waals surface area contributed by atoms with Gasteiger partial charge in [-0.15, -0.1) is 21.5 Å². The number of anilines is 1. The molecule has 1 aliphatic carbocycles. The molecule has 0 saturated heterocycles.